The van der Waals surface area contributed by atoms with E-state index in [-0.39, 0.29) is 0 Å². The van der Waals surface area contributed by atoms with Crippen LogP contribution in [0.3, 0.4) is 0 Å². The fourth-order valence-electron chi connectivity index (χ4n) is 1.89. The molecule has 3 aromatic rings. The molecule has 1 aromatic heterocycles. The molecule has 84 valence electrons. The molecule has 0 aliphatic carbocycles. The van der Waals surface area contributed by atoms with E-state index in [1.807, 2.05) is 24.3 Å². The predicted octanol–water partition coefficient (Wildman–Crippen LogP) is 2.95. The van der Waals surface area contributed by atoms with E-state index in [1.165, 1.54) is 10.8 Å². The molecular formula is C14H12N2O. The Bertz CT molecular complexity index is 658. The SMILES string of the molecule is NCc1cc(-c2ccc3ccccc3c2)no1. The van der Waals surface area contributed by atoms with Gasteiger partial charge in [-0.05, 0) is 16.8 Å². The van der Waals surface area contributed by atoms with Gasteiger partial charge in [0.15, 0.2) is 5.76 Å². The standard InChI is InChI=1S/C14H12N2O/c15-9-13-8-14(16-17-13)12-6-5-10-3-1-2-4-11(10)7-12/h1-8H,9,15H2. The molecule has 0 radical (unpaired) electrons. The molecule has 2 aromatic carbocycles. The topological polar surface area (TPSA) is 52.0 Å². The van der Waals surface area contributed by atoms with Gasteiger partial charge in [0.25, 0.3) is 0 Å². The van der Waals surface area contributed by atoms with Crippen LogP contribution < -0.4 is 5.73 Å². The van der Waals surface area contributed by atoms with Crippen LogP contribution in [-0.4, -0.2) is 5.16 Å². The molecule has 0 spiro atoms. The molecule has 3 rings (SSSR count). The zero-order valence-electron chi connectivity index (χ0n) is 9.26. The van der Waals surface area contributed by atoms with Crippen molar-refractivity contribution in [2.24, 2.45) is 5.73 Å². The van der Waals surface area contributed by atoms with Crippen molar-refractivity contribution in [2.45, 2.75) is 6.54 Å². The van der Waals surface area contributed by atoms with Crippen molar-refractivity contribution in [3.05, 3.63) is 54.3 Å². The Morgan fingerprint density at radius 3 is 2.59 bits per heavy atom. The lowest BCUT2D eigenvalue weighted by Gasteiger charge is -1.99. The lowest BCUT2D eigenvalue weighted by atomic mass is 10.1. The van der Waals surface area contributed by atoms with Crippen LogP contribution in [0.4, 0.5) is 0 Å². The lowest BCUT2D eigenvalue weighted by molar-refractivity contribution is 0.387. The third-order valence-electron chi connectivity index (χ3n) is 2.81. The van der Waals surface area contributed by atoms with Crippen LogP contribution >= 0.6 is 0 Å². The summed E-state index contributed by atoms with van der Waals surface area (Å²) in [6.45, 7) is 0.376. The van der Waals surface area contributed by atoms with Gasteiger partial charge < -0.3 is 10.3 Å². The minimum absolute atomic E-state index is 0.376. The van der Waals surface area contributed by atoms with E-state index < -0.39 is 0 Å². The van der Waals surface area contributed by atoms with Gasteiger partial charge in [-0.2, -0.15) is 0 Å². The Kier molecular flexibility index (Phi) is 2.38. The first-order valence-electron chi connectivity index (χ1n) is 5.51. The van der Waals surface area contributed by atoms with Crippen LogP contribution in [0, 0.1) is 0 Å². The Labute approximate surface area is 98.8 Å². The van der Waals surface area contributed by atoms with E-state index in [1.54, 1.807) is 0 Å². The van der Waals surface area contributed by atoms with Crippen LogP contribution in [0.2, 0.25) is 0 Å². The van der Waals surface area contributed by atoms with Crippen LogP contribution in [0.15, 0.2) is 53.1 Å². The van der Waals surface area contributed by atoms with E-state index in [9.17, 15) is 0 Å². The molecule has 0 fully saturated rings. The summed E-state index contributed by atoms with van der Waals surface area (Å²) in [6.07, 6.45) is 0. The summed E-state index contributed by atoms with van der Waals surface area (Å²) in [4.78, 5) is 0. The maximum atomic E-state index is 5.50. The lowest BCUT2D eigenvalue weighted by Crippen LogP contribution is -1.92. The summed E-state index contributed by atoms with van der Waals surface area (Å²) >= 11 is 0. The molecule has 0 atom stereocenters. The van der Waals surface area contributed by atoms with Crippen molar-refractivity contribution < 1.29 is 4.52 Å². The normalized spacial score (nSPS) is 10.9. The largest absolute Gasteiger partial charge is 0.359 e. The summed E-state index contributed by atoms with van der Waals surface area (Å²) in [5.74, 6) is 0.702. The first-order chi connectivity index (χ1) is 8.36. The number of hydrogen-bond donors (Lipinski definition) is 1. The summed E-state index contributed by atoms with van der Waals surface area (Å²) in [5.41, 5.74) is 7.38. The third-order valence-corrected chi connectivity index (χ3v) is 2.81. The maximum Gasteiger partial charge on any atom is 0.150 e. The fourth-order valence-corrected chi connectivity index (χ4v) is 1.89. The third kappa shape index (κ3) is 1.81. The van der Waals surface area contributed by atoms with Crippen LogP contribution in [0.5, 0.6) is 0 Å². The summed E-state index contributed by atoms with van der Waals surface area (Å²) in [7, 11) is 0. The smallest absolute Gasteiger partial charge is 0.150 e. The number of nitrogens with zero attached hydrogens (tertiary/aromatic N) is 1. The van der Waals surface area contributed by atoms with Crippen molar-refractivity contribution in [1.29, 1.82) is 0 Å². The molecule has 17 heavy (non-hydrogen) atoms. The highest BCUT2D eigenvalue weighted by atomic mass is 16.5. The van der Waals surface area contributed by atoms with E-state index in [2.05, 4.69) is 29.4 Å². The second-order valence-electron chi connectivity index (χ2n) is 3.94. The van der Waals surface area contributed by atoms with Crippen LogP contribution in [0.25, 0.3) is 22.0 Å². The highest BCUT2D eigenvalue weighted by Crippen LogP contribution is 2.23. The molecule has 0 saturated carbocycles. The molecule has 3 heteroatoms. The molecule has 1 heterocycles. The maximum absolute atomic E-state index is 5.50. The first-order valence-corrected chi connectivity index (χ1v) is 5.51. The monoisotopic (exact) mass is 224 g/mol. The Hall–Kier alpha value is -2.13. The van der Waals surface area contributed by atoms with Crippen LogP contribution in [0.1, 0.15) is 5.76 Å². The number of rotatable bonds is 2. The molecule has 0 aliphatic rings. The summed E-state index contributed by atoms with van der Waals surface area (Å²) in [6, 6.07) is 16.3. The summed E-state index contributed by atoms with van der Waals surface area (Å²) in [5, 5.41) is 6.43. The Morgan fingerprint density at radius 1 is 1.00 bits per heavy atom. The van der Waals surface area contributed by atoms with Gasteiger partial charge in [0.05, 0.1) is 6.54 Å². The van der Waals surface area contributed by atoms with Crippen molar-refractivity contribution in [3.63, 3.8) is 0 Å². The van der Waals surface area contributed by atoms with Crippen molar-refractivity contribution in [1.82, 2.24) is 5.16 Å². The Balaban J connectivity index is 2.11. The fraction of sp³-hybridized carbons (Fsp3) is 0.0714. The van der Waals surface area contributed by atoms with E-state index in [4.69, 9.17) is 10.3 Å². The van der Waals surface area contributed by atoms with E-state index in [0.717, 1.165) is 11.3 Å². The van der Waals surface area contributed by atoms with Crippen molar-refractivity contribution in [2.75, 3.05) is 0 Å². The average Bonchev–Trinajstić information content (AvgIpc) is 2.87. The second kappa shape index (κ2) is 4.03. The van der Waals surface area contributed by atoms with Gasteiger partial charge in [-0.3, -0.25) is 0 Å². The number of hydrogen-bond acceptors (Lipinski definition) is 3. The highest BCUT2D eigenvalue weighted by molar-refractivity contribution is 5.86. The Morgan fingerprint density at radius 2 is 1.82 bits per heavy atom. The predicted molar refractivity (Wildman–Crippen MR) is 67.3 cm³/mol. The molecular weight excluding hydrogens is 212 g/mol. The van der Waals surface area contributed by atoms with Gasteiger partial charge in [-0.25, -0.2) is 0 Å². The molecule has 0 aliphatic heterocycles. The molecule has 0 bridgehead atoms. The molecule has 0 saturated heterocycles. The number of fused-ring (bicyclic) bond motifs is 1. The molecule has 2 N–H and O–H groups in total. The summed E-state index contributed by atoms with van der Waals surface area (Å²) < 4.78 is 5.11. The minimum Gasteiger partial charge on any atom is -0.359 e. The molecule has 3 nitrogen and oxygen atoms in total. The molecule has 0 unspecified atom stereocenters. The average molecular weight is 224 g/mol. The van der Waals surface area contributed by atoms with Crippen molar-refractivity contribution >= 4 is 10.8 Å². The van der Waals surface area contributed by atoms with Gasteiger partial charge in [-0.1, -0.05) is 41.6 Å². The first kappa shape index (κ1) is 10.1. The van der Waals surface area contributed by atoms with Gasteiger partial charge in [-0.15, -0.1) is 0 Å². The van der Waals surface area contributed by atoms with Gasteiger partial charge in [0.1, 0.15) is 5.69 Å². The number of nitrogens with two attached hydrogens (primary N) is 1. The minimum atomic E-state index is 0.376. The van der Waals surface area contributed by atoms with Gasteiger partial charge in [0.2, 0.25) is 0 Å². The van der Waals surface area contributed by atoms with Crippen molar-refractivity contribution in [3.8, 4) is 11.3 Å². The van der Waals surface area contributed by atoms with Gasteiger partial charge in [0, 0.05) is 11.6 Å². The number of aromatic nitrogens is 1. The van der Waals surface area contributed by atoms with E-state index >= 15 is 0 Å². The zero-order chi connectivity index (χ0) is 11.7. The quantitative estimate of drug-likeness (QED) is 0.728. The second-order valence-corrected chi connectivity index (χ2v) is 3.94. The van der Waals surface area contributed by atoms with E-state index in [0.29, 0.717) is 12.3 Å². The van der Waals surface area contributed by atoms with Crippen LogP contribution in [-0.2, 0) is 6.54 Å². The highest BCUT2D eigenvalue weighted by Gasteiger charge is 2.05. The zero-order valence-corrected chi connectivity index (χ0v) is 9.26. The van der Waals surface area contributed by atoms with Gasteiger partial charge >= 0.3 is 0 Å². The molecule has 0 amide bonds. The number of benzene rings is 2.